The number of hydrogen-bond donors (Lipinski definition) is 2. The molecule has 1 saturated carbocycles. The summed E-state index contributed by atoms with van der Waals surface area (Å²) in [6.07, 6.45) is 5.73. The van der Waals surface area contributed by atoms with Gasteiger partial charge in [-0.1, -0.05) is 0 Å². The van der Waals surface area contributed by atoms with Crippen molar-refractivity contribution in [1.29, 1.82) is 0 Å². The van der Waals surface area contributed by atoms with E-state index in [4.69, 9.17) is 5.73 Å². The van der Waals surface area contributed by atoms with E-state index in [0.29, 0.717) is 12.8 Å². The molecule has 82 valence electrons. The van der Waals surface area contributed by atoms with Gasteiger partial charge in [-0.15, -0.1) is 0 Å². The predicted octanol–water partition coefficient (Wildman–Crippen LogP) is 0.657. The molecule has 15 heavy (non-hydrogen) atoms. The Kier molecular flexibility index (Phi) is 2.73. The van der Waals surface area contributed by atoms with Gasteiger partial charge in [-0.25, -0.2) is 4.98 Å². The fourth-order valence-corrected chi connectivity index (χ4v) is 2.02. The first kappa shape index (κ1) is 10.2. The lowest BCUT2D eigenvalue weighted by Gasteiger charge is -2.24. The number of aliphatic hydroxyl groups excluding tert-OH is 1. The Morgan fingerprint density at radius 1 is 1.47 bits per heavy atom. The minimum atomic E-state index is -0.241. The summed E-state index contributed by atoms with van der Waals surface area (Å²) in [4.78, 5) is 15.8. The molecule has 5 nitrogen and oxygen atoms in total. The van der Waals surface area contributed by atoms with Crippen LogP contribution in [0.5, 0.6) is 0 Å². The number of carbonyl (C=O) groups excluding carboxylic acids is 1. The number of hydrogen-bond acceptors (Lipinski definition) is 4. The molecule has 1 heterocycles. The van der Waals surface area contributed by atoms with Crippen molar-refractivity contribution >= 4 is 11.9 Å². The summed E-state index contributed by atoms with van der Waals surface area (Å²) < 4.78 is 1.39. The molecular formula is C10H15N3O2. The summed E-state index contributed by atoms with van der Waals surface area (Å²) >= 11 is 0. The van der Waals surface area contributed by atoms with Crippen molar-refractivity contribution in [3.8, 4) is 0 Å². The Morgan fingerprint density at radius 2 is 2.13 bits per heavy atom. The second kappa shape index (κ2) is 4.02. The fraction of sp³-hybridized carbons (Fsp3) is 0.600. The summed E-state index contributed by atoms with van der Waals surface area (Å²) in [7, 11) is 0. The summed E-state index contributed by atoms with van der Waals surface area (Å²) in [5.41, 5.74) is 5.56. The number of aromatic nitrogens is 2. The molecule has 1 aromatic heterocycles. The number of carbonyl (C=O) groups is 1. The number of anilines is 1. The molecule has 3 N–H and O–H groups in total. The second-order valence-electron chi connectivity index (χ2n) is 4.00. The summed E-state index contributed by atoms with van der Waals surface area (Å²) in [5.74, 6) is 0.216. The topological polar surface area (TPSA) is 81.1 Å². The van der Waals surface area contributed by atoms with Gasteiger partial charge in [-0.2, -0.15) is 0 Å². The van der Waals surface area contributed by atoms with Gasteiger partial charge < -0.3 is 10.8 Å². The molecule has 1 aliphatic rings. The molecule has 0 atom stereocenters. The molecule has 5 heteroatoms. The highest BCUT2D eigenvalue weighted by Crippen LogP contribution is 2.26. The number of nitrogens with two attached hydrogens (primary N) is 1. The Bertz CT molecular complexity index is 353. The van der Waals surface area contributed by atoms with Crippen LogP contribution >= 0.6 is 0 Å². The molecule has 2 rings (SSSR count). The minimum absolute atomic E-state index is 0.00287. The SMILES string of the molecule is Nc1nccn1C(=O)C1CCC(O)CC1. The fourth-order valence-electron chi connectivity index (χ4n) is 2.02. The Hall–Kier alpha value is -1.36. The largest absolute Gasteiger partial charge is 0.393 e. The number of nitrogen functional groups attached to an aromatic ring is 1. The van der Waals surface area contributed by atoms with Crippen LogP contribution in [-0.2, 0) is 0 Å². The quantitative estimate of drug-likeness (QED) is 0.711. The highest BCUT2D eigenvalue weighted by atomic mass is 16.3. The van der Waals surface area contributed by atoms with E-state index in [-0.39, 0.29) is 23.9 Å². The zero-order valence-electron chi connectivity index (χ0n) is 8.47. The molecule has 0 bridgehead atoms. The molecule has 0 aliphatic heterocycles. The molecule has 0 spiro atoms. The average Bonchev–Trinajstić information content (AvgIpc) is 2.65. The van der Waals surface area contributed by atoms with Crippen LogP contribution in [0.25, 0.3) is 0 Å². The van der Waals surface area contributed by atoms with Crippen LogP contribution in [0.1, 0.15) is 30.5 Å². The van der Waals surface area contributed by atoms with Crippen LogP contribution in [0.4, 0.5) is 5.95 Å². The van der Waals surface area contributed by atoms with E-state index in [1.54, 1.807) is 6.20 Å². The van der Waals surface area contributed by atoms with Crippen molar-refractivity contribution in [3.63, 3.8) is 0 Å². The van der Waals surface area contributed by atoms with Crippen molar-refractivity contribution in [2.24, 2.45) is 5.92 Å². The van der Waals surface area contributed by atoms with E-state index in [1.165, 1.54) is 10.8 Å². The van der Waals surface area contributed by atoms with Crippen molar-refractivity contribution in [1.82, 2.24) is 9.55 Å². The monoisotopic (exact) mass is 209 g/mol. The van der Waals surface area contributed by atoms with Gasteiger partial charge in [-0.3, -0.25) is 9.36 Å². The smallest absolute Gasteiger partial charge is 0.236 e. The predicted molar refractivity (Wildman–Crippen MR) is 55.2 cm³/mol. The van der Waals surface area contributed by atoms with E-state index in [1.807, 2.05) is 0 Å². The Labute approximate surface area is 87.9 Å². The lowest BCUT2D eigenvalue weighted by Crippen LogP contribution is -2.28. The van der Waals surface area contributed by atoms with Gasteiger partial charge >= 0.3 is 0 Å². The van der Waals surface area contributed by atoms with Crippen LogP contribution in [-0.4, -0.2) is 26.7 Å². The molecule has 1 aliphatic carbocycles. The van der Waals surface area contributed by atoms with Gasteiger partial charge in [0.2, 0.25) is 11.9 Å². The molecule has 1 aromatic rings. The highest BCUT2D eigenvalue weighted by molar-refractivity contribution is 5.83. The molecule has 0 radical (unpaired) electrons. The van der Waals surface area contributed by atoms with E-state index in [9.17, 15) is 9.90 Å². The molecular weight excluding hydrogens is 194 g/mol. The third kappa shape index (κ3) is 2.02. The maximum Gasteiger partial charge on any atom is 0.236 e. The number of imidazole rings is 1. The van der Waals surface area contributed by atoms with Gasteiger partial charge in [0.15, 0.2) is 0 Å². The normalized spacial score (nSPS) is 26.5. The van der Waals surface area contributed by atoms with Gasteiger partial charge in [0.05, 0.1) is 6.10 Å². The van der Waals surface area contributed by atoms with E-state index >= 15 is 0 Å². The minimum Gasteiger partial charge on any atom is -0.393 e. The van der Waals surface area contributed by atoms with Crippen LogP contribution in [0, 0.1) is 5.92 Å². The maximum absolute atomic E-state index is 11.9. The Morgan fingerprint density at radius 3 is 2.67 bits per heavy atom. The van der Waals surface area contributed by atoms with E-state index in [2.05, 4.69) is 4.98 Å². The standard InChI is InChI=1S/C10H15N3O2/c11-10-12-5-6-13(10)9(15)7-1-3-8(14)4-2-7/h5-8,14H,1-4H2,(H2,11,12). The van der Waals surface area contributed by atoms with Crippen LogP contribution < -0.4 is 5.73 Å². The first-order valence-electron chi connectivity index (χ1n) is 5.19. The first-order valence-corrected chi connectivity index (χ1v) is 5.19. The zero-order chi connectivity index (χ0) is 10.8. The van der Waals surface area contributed by atoms with Crippen molar-refractivity contribution in [3.05, 3.63) is 12.4 Å². The number of nitrogens with zero attached hydrogens (tertiary/aromatic N) is 2. The third-order valence-electron chi connectivity index (χ3n) is 2.95. The average molecular weight is 209 g/mol. The molecule has 1 fully saturated rings. The molecule has 0 saturated heterocycles. The lowest BCUT2D eigenvalue weighted by atomic mass is 9.87. The van der Waals surface area contributed by atoms with Crippen molar-refractivity contribution in [2.75, 3.05) is 5.73 Å². The van der Waals surface area contributed by atoms with Crippen LogP contribution in [0.15, 0.2) is 12.4 Å². The molecule has 0 aromatic carbocycles. The van der Waals surface area contributed by atoms with Crippen LogP contribution in [0.2, 0.25) is 0 Å². The van der Waals surface area contributed by atoms with Gasteiger partial charge in [0.1, 0.15) is 0 Å². The third-order valence-corrected chi connectivity index (χ3v) is 2.95. The van der Waals surface area contributed by atoms with E-state index in [0.717, 1.165) is 12.8 Å². The van der Waals surface area contributed by atoms with Crippen molar-refractivity contribution < 1.29 is 9.90 Å². The molecule has 0 amide bonds. The summed E-state index contributed by atoms with van der Waals surface area (Å²) in [6, 6.07) is 0. The number of rotatable bonds is 1. The van der Waals surface area contributed by atoms with Crippen molar-refractivity contribution in [2.45, 2.75) is 31.8 Å². The summed E-state index contributed by atoms with van der Waals surface area (Å²) in [6.45, 7) is 0. The molecule has 0 unspecified atom stereocenters. The second-order valence-corrected chi connectivity index (χ2v) is 4.00. The van der Waals surface area contributed by atoms with E-state index < -0.39 is 0 Å². The zero-order valence-corrected chi connectivity index (χ0v) is 8.47. The number of aliphatic hydroxyl groups is 1. The highest BCUT2D eigenvalue weighted by Gasteiger charge is 2.26. The maximum atomic E-state index is 11.9. The van der Waals surface area contributed by atoms with Gasteiger partial charge in [0.25, 0.3) is 0 Å². The summed E-state index contributed by atoms with van der Waals surface area (Å²) in [5, 5.41) is 9.34. The van der Waals surface area contributed by atoms with Gasteiger partial charge in [-0.05, 0) is 25.7 Å². The lowest BCUT2D eigenvalue weighted by molar-refractivity contribution is 0.0690. The van der Waals surface area contributed by atoms with Crippen LogP contribution in [0.3, 0.4) is 0 Å². The Balaban J connectivity index is 2.06. The first-order chi connectivity index (χ1) is 7.18. The van der Waals surface area contributed by atoms with Gasteiger partial charge in [0, 0.05) is 18.3 Å².